The Bertz CT molecular complexity index is 653. The summed E-state index contributed by atoms with van der Waals surface area (Å²) in [5.41, 5.74) is -0.501. The normalized spacial score (nSPS) is 10.6. The molecule has 0 amide bonds. The fourth-order valence-electron chi connectivity index (χ4n) is 1.99. The largest absolute Gasteiger partial charge is 0.506 e. The summed E-state index contributed by atoms with van der Waals surface area (Å²) < 4.78 is 5.02. The molecule has 2 heterocycles. The summed E-state index contributed by atoms with van der Waals surface area (Å²) >= 11 is 1.44. The van der Waals surface area contributed by atoms with Crippen LogP contribution in [0.1, 0.15) is 33.5 Å². The summed E-state index contributed by atoms with van der Waals surface area (Å²) in [7, 11) is 0. The van der Waals surface area contributed by atoms with E-state index in [4.69, 9.17) is 4.42 Å². The van der Waals surface area contributed by atoms with Crippen LogP contribution in [0.5, 0.6) is 5.75 Å². The number of aryl methyl sites for hydroxylation is 1. The smallest absolute Gasteiger partial charge is 0.350 e. The van der Waals surface area contributed by atoms with Gasteiger partial charge in [-0.1, -0.05) is 13.0 Å². The number of carbonyl (C=O) groups is 1. The molecule has 0 bridgehead atoms. The van der Waals surface area contributed by atoms with Crippen LogP contribution in [0.3, 0.4) is 0 Å². The molecule has 2 aromatic rings. The van der Waals surface area contributed by atoms with Crippen molar-refractivity contribution >= 4 is 17.1 Å². The van der Waals surface area contributed by atoms with Gasteiger partial charge in [-0.15, -0.1) is 11.3 Å². The van der Waals surface area contributed by atoms with Crippen LogP contribution >= 0.6 is 11.3 Å². The number of ketones is 1. The van der Waals surface area contributed by atoms with Gasteiger partial charge in [-0.25, -0.2) is 4.79 Å². The van der Waals surface area contributed by atoms with E-state index in [9.17, 15) is 14.7 Å². The molecule has 0 unspecified atom stereocenters. The molecule has 0 fully saturated rings. The average Bonchev–Trinajstić information content (AvgIpc) is 2.81. The maximum Gasteiger partial charge on any atom is 0.350 e. The monoisotopic (exact) mass is 278 g/mol. The fourth-order valence-corrected chi connectivity index (χ4v) is 2.69. The molecule has 0 saturated carbocycles. The predicted octanol–water partition coefficient (Wildman–Crippen LogP) is 2.70. The first-order chi connectivity index (χ1) is 9.04. The highest BCUT2D eigenvalue weighted by Gasteiger charge is 2.22. The zero-order valence-corrected chi connectivity index (χ0v) is 11.5. The summed E-state index contributed by atoms with van der Waals surface area (Å²) in [5.74, 6) is -0.293. The number of rotatable bonds is 4. The van der Waals surface area contributed by atoms with Gasteiger partial charge >= 0.3 is 5.63 Å². The molecule has 0 aromatic carbocycles. The average molecular weight is 278 g/mol. The molecule has 0 spiro atoms. The SMILES string of the molecule is CCc1c(C)oc(=O)c(C(=O)Cc2cccs2)c1O. The Morgan fingerprint density at radius 1 is 1.47 bits per heavy atom. The molecular weight excluding hydrogens is 264 g/mol. The molecule has 100 valence electrons. The van der Waals surface area contributed by atoms with E-state index in [0.717, 1.165) is 4.88 Å². The highest BCUT2D eigenvalue weighted by atomic mass is 32.1. The molecule has 4 nitrogen and oxygen atoms in total. The van der Waals surface area contributed by atoms with Gasteiger partial charge in [0, 0.05) is 16.9 Å². The van der Waals surface area contributed by atoms with Crippen LogP contribution in [0.2, 0.25) is 0 Å². The Morgan fingerprint density at radius 3 is 2.79 bits per heavy atom. The third kappa shape index (κ3) is 2.61. The van der Waals surface area contributed by atoms with Crippen molar-refractivity contribution in [3.05, 3.63) is 49.7 Å². The van der Waals surface area contributed by atoms with Crippen LogP contribution in [0.15, 0.2) is 26.7 Å². The molecule has 5 heteroatoms. The molecule has 0 aliphatic rings. The number of thiophene rings is 1. The van der Waals surface area contributed by atoms with Crippen molar-refractivity contribution in [1.82, 2.24) is 0 Å². The Morgan fingerprint density at radius 2 is 2.21 bits per heavy atom. The van der Waals surface area contributed by atoms with E-state index in [1.54, 1.807) is 6.92 Å². The Kier molecular flexibility index (Phi) is 3.85. The van der Waals surface area contributed by atoms with Crippen LogP contribution in [0.4, 0.5) is 0 Å². The van der Waals surface area contributed by atoms with Crippen molar-refractivity contribution in [2.24, 2.45) is 0 Å². The maximum atomic E-state index is 12.1. The van der Waals surface area contributed by atoms with E-state index in [-0.39, 0.29) is 17.7 Å². The van der Waals surface area contributed by atoms with Gasteiger partial charge in [0.05, 0.1) is 0 Å². The van der Waals surface area contributed by atoms with Crippen LogP contribution in [0, 0.1) is 6.92 Å². The predicted molar refractivity (Wildman–Crippen MR) is 73.1 cm³/mol. The van der Waals surface area contributed by atoms with Gasteiger partial charge in [-0.05, 0) is 24.8 Å². The lowest BCUT2D eigenvalue weighted by molar-refractivity contribution is 0.0986. The van der Waals surface area contributed by atoms with Gasteiger partial charge < -0.3 is 9.52 Å². The van der Waals surface area contributed by atoms with Gasteiger partial charge in [-0.3, -0.25) is 4.79 Å². The van der Waals surface area contributed by atoms with Crippen molar-refractivity contribution < 1.29 is 14.3 Å². The standard InChI is InChI=1S/C14H14O4S/c1-3-10-8(2)18-14(17)12(13(10)16)11(15)7-9-5-4-6-19-9/h4-6,16H,3,7H2,1-2H3. The second-order valence-corrected chi connectivity index (χ2v) is 5.21. The number of hydrogen-bond donors (Lipinski definition) is 1. The molecule has 19 heavy (non-hydrogen) atoms. The minimum absolute atomic E-state index is 0.0994. The van der Waals surface area contributed by atoms with Crippen molar-refractivity contribution in [3.63, 3.8) is 0 Å². The first-order valence-electron chi connectivity index (χ1n) is 5.95. The lowest BCUT2D eigenvalue weighted by Gasteiger charge is -2.08. The summed E-state index contributed by atoms with van der Waals surface area (Å²) in [6.07, 6.45) is 0.600. The molecule has 2 aromatic heterocycles. The zero-order valence-electron chi connectivity index (χ0n) is 10.7. The third-order valence-electron chi connectivity index (χ3n) is 2.94. The molecule has 1 N–H and O–H groups in total. The van der Waals surface area contributed by atoms with E-state index in [0.29, 0.717) is 17.7 Å². The molecule has 0 aliphatic carbocycles. The quantitative estimate of drug-likeness (QED) is 0.873. The summed E-state index contributed by atoms with van der Waals surface area (Å²) in [5, 5.41) is 11.9. The van der Waals surface area contributed by atoms with Crippen LogP contribution in [0.25, 0.3) is 0 Å². The number of aromatic hydroxyl groups is 1. The molecule has 2 rings (SSSR count). The molecule has 0 aliphatic heterocycles. The van der Waals surface area contributed by atoms with Gasteiger partial charge in [0.25, 0.3) is 0 Å². The van der Waals surface area contributed by atoms with E-state index >= 15 is 0 Å². The van der Waals surface area contributed by atoms with Crippen molar-refractivity contribution in [2.75, 3.05) is 0 Å². The Labute approximate surface area is 114 Å². The van der Waals surface area contributed by atoms with E-state index < -0.39 is 11.4 Å². The topological polar surface area (TPSA) is 67.5 Å². The highest BCUT2D eigenvalue weighted by Crippen LogP contribution is 2.25. The maximum absolute atomic E-state index is 12.1. The Hall–Kier alpha value is -1.88. The van der Waals surface area contributed by atoms with E-state index in [1.165, 1.54) is 11.3 Å². The first kappa shape index (κ1) is 13.5. The third-order valence-corrected chi connectivity index (χ3v) is 3.82. The molecule has 0 atom stereocenters. The molecule has 0 radical (unpaired) electrons. The van der Waals surface area contributed by atoms with E-state index in [2.05, 4.69) is 0 Å². The molecular formula is C14H14O4S. The van der Waals surface area contributed by atoms with Gasteiger partial charge in [-0.2, -0.15) is 0 Å². The lowest BCUT2D eigenvalue weighted by atomic mass is 10.0. The Balaban J connectivity index is 2.44. The first-order valence-corrected chi connectivity index (χ1v) is 6.83. The second-order valence-electron chi connectivity index (χ2n) is 4.18. The number of hydrogen-bond acceptors (Lipinski definition) is 5. The number of carbonyl (C=O) groups excluding carboxylic acids is 1. The highest BCUT2D eigenvalue weighted by molar-refractivity contribution is 7.10. The van der Waals surface area contributed by atoms with E-state index in [1.807, 2.05) is 24.4 Å². The minimum atomic E-state index is -0.770. The van der Waals surface area contributed by atoms with Crippen LogP contribution in [-0.2, 0) is 12.8 Å². The van der Waals surface area contributed by atoms with Crippen molar-refractivity contribution in [2.45, 2.75) is 26.7 Å². The van der Waals surface area contributed by atoms with Gasteiger partial charge in [0.2, 0.25) is 0 Å². The van der Waals surface area contributed by atoms with Crippen molar-refractivity contribution in [1.29, 1.82) is 0 Å². The summed E-state index contributed by atoms with van der Waals surface area (Å²) in [6, 6.07) is 3.65. The second kappa shape index (κ2) is 5.40. The number of Topliss-reactive ketones (excluding diaryl/α,β-unsaturated/α-hetero) is 1. The summed E-state index contributed by atoms with van der Waals surface area (Å²) in [6.45, 7) is 3.43. The van der Waals surface area contributed by atoms with Crippen LogP contribution < -0.4 is 5.63 Å². The van der Waals surface area contributed by atoms with Crippen LogP contribution in [-0.4, -0.2) is 10.9 Å². The van der Waals surface area contributed by atoms with Gasteiger partial charge in [0.1, 0.15) is 17.1 Å². The van der Waals surface area contributed by atoms with Gasteiger partial charge in [0.15, 0.2) is 5.78 Å². The molecule has 0 saturated heterocycles. The fraction of sp³-hybridized carbons (Fsp3) is 0.286. The zero-order chi connectivity index (χ0) is 14.0. The lowest BCUT2D eigenvalue weighted by Crippen LogP contribution is -2.17. The van der Waals surface area contributed by atoms with Crippen molar-refractivity contribution in [3.8, 4) is 5.75 Å². The minimum Gasteiger partial charge on any atom is -0.506 e. The summed E-state index contributed by atoms with van der Waals surface area (Å²) in [4.78, 5) is 24.7.